The Morgan fingerprint density at radius 2 is 1.91 bits per heavy atom. The summed E-state index contributed by atoms with van der Waals surface area (Å²) in [7, 11) is 4.66. The lowest BCUT2D eigenvalue weighted by Crippen LogP contribution is -2.36. The van der Waals surface area contributed by atoms with Gasteiger partial charge in [0, 0.05) is 35.8 Å². The molecule has 4 aromatic rings. The molecule has 0 spiro atoms. The predicted molar refractivity (Wildman–Crippen MR) is 187 cm³/mol. The molecule has 1 aliphatic rings. The summed E-state index contributed by atoms with van der Waals surface area (Å²) < 4.78 is 17.2. The summed E-state index contributed by atoms with van der Waals surface area (Å²) in [6.45, 7) is 1.45. The first-order chi connectivity index (χ1) is 22.8. The van der Waals surface area contributed by atoms with Crippen molar-refractivity contribution in [3.8, 4) is 39.6 Å². The van der Waals surface area contributed by atoms with Gasteiger partial charge >= 0.3 is 0 Å². The van der Waals surface area contributed by atoms with Gasteiger partial charge in [-0.15, -0.1) is 11.3 Å². The Balaban J connectivity index is 1.54. The second kappa shape index (κ2) is 15.3. The van der Waals surface area contributed by atoms with E-state index in [-0.39, 0.29) is 22.9 Å². The number of pyridine rings is 1. The molecule has 0 fully saturated rings. The van der Waals surface area contributed by atoms with Gasteiger partial charge in [-0.3, -0.25) is 19.4 Å². The highest BCUT2D eigenvalue weighted by Gasteiger charge is 2.30. The van der Waals surface area contributed by atoms with Crippen molar-refractivity contribution in [2.45, 2.75) is 38.3 Å². The van der Waals surface area contributed by atoms with Crippen LogP contribution in [-0.2, 0) is 16.0 Å². The second-order valence-corrected chi connectivity index (χ2v) is 12.7. The molecule has 5 rings (SSSR count). The van der Waals surface area contributed by atoms with Gasteiger partial charge in [-0.2, -0.15) is 11.8 Å². The van der Waals surface area contributed by atoms with Crippen LogP contribution in [-0.4, -0.2) is 61.2 Å². The fourth-order valence-corrected chi connectivity index (χ4v) is 6.88. The van der Waals surface area contributed by atoms with Crippen molar-refractivity contribution < 1.29 is 23.8 Å². The van der Waals surface area contributed by atoms with Crippen molar-refractivity contribution in [1.29, 1.82) is 0 Å². The SMILES string of the molecule is COc1cc2c(c(OC)c1OC)-c1ccc(N[C@@H](CCSC)C(=O)Nc3nc(-c4cccnc4)cs3)c(=O)cc1[C@@H](NC(C)=O)CC2. The molecule has 0 unspecified atom stereocenters. The number of thioether (sulfide) groups is 1. The minimum Gasteiger partial charge on any atom is -0.493 e. The maximum absolute atomic E-state index is 13.9. The largest absolute Gasteiger partial charge is 0.493 e. The van der Waals surface area contributed by atoms with E-state index in [9.17, 15) is 14.4 Å². The number of hydrogen-bond donors (Lipinski definition) is 3. The van der Waals surface area contributed by atoms with Crippen LogP contribution in [0, 0.1) is 0 Å². The summed E-state index contributed by atoms with van der Waals surface area (Å²) in [6.07, 6.45) is 6.96. The number of anilines is 2. The van der Waals surface area contributed by atoms with Gasteiger partial charge in [0.2, 0.25) is 23.0 Å². The smallest absolute Gasteiger partial charge is 0.248 e. The molecule has 1 aliphatic carbocycles. The number of carbonyl (C=O) groups is 2. The number of amides is 2. The Morgan fingerprint density at radius 3 is 2.60 bits per heavy atom. The minimum absolute atomic E-state index is 0.214. The fourth-order valence-electron chi connectivity index (χ4n) is 5.69. The molecule has 2 amide bonds. The van der Waals surface area contributed by atoms with E-state index >= 15 is 0 Å². The number of benzene rings is 1. The van der Waals surface area contributed by atoms with E-state index in [1.54, 1.807) is 51.6 Å². The zero-order valence-corrected chi connectivity index (χ0v) is 28.5. The molecule has 2 aromatic carbocycles. The standard InChI is InChI=1S/C34H37N5O6S2/c1-19(40)36-24-10-8-20-15-29(43-2)31(44-3)32(45-4)30(20)22-9-11-25(28(41)16-23(22)24)37-26(12-14-46-5)33(42)39-34-38-27(18-47-34)21-7-6-13-35-17-21/h6-7,9,11,13,15-18,24,26H,8,10,12,14H2,1-5H3,(H,36,40)(H,37,41)(H,38,39,42)/t24-,26-/m0/s1. The molecular formula is C34H37N5O6S2. The van der Waals surface area contributed by atoms with Crippen LogP contribution in [0.5, 0.6) is 17.2 Å². The highest BCUT2D eigenvalue weighted by atomic mass is 32.2. The molecule has 0 saturated carbocycles. The molecule has 0 aliphatic heterocycles. The minimum atomic E-state index is -0.722. The number of fused-ring (bicyclic) bond motifs is 3. The number of aromatic nitrogens is 2. The Labute approximate surface area is 281 Å². The maximum atomic E-state index is 13.9. The fraction of sp³-hybridized carbons (Fsp3) is 0.324. The third-order valence-corrected chi connectivity index (χ3v) is 9.27. The van der Waals surface area contributed by atoms with Crippen LogP contribution in [0.1, 0.15) is 36.9 Å². The first-order valence-electron chi connectivity index (χ1n) is 15.0. The van der Waals surface area contributed by atoms with Crippen molar-refractivity contribution in [1.82, 2.24) is 15.3 Å². The first-order valence-corrected chi connectivity index (χ1v) is 17.2. The number of nitrogens with one attached hydrogen (secondary N) is 3. The van der Waals surface area contributed by atoms with E-state index in [1.165, 1.54) is 24.3 Å². The average Bonchev–Trinajstić information content (AvgIpc) is 3.42. The Bertz CT molecular complexity index is 1820. The second-order valence-electron chi connectivity index (χ2n) is 10.8. The van der Waals surface area contributed by atoms with Gasteiger partial charge in [-0.05, 0) is 78.3 Å². The highest BCUT2D eigenvalue weighted by molar-refractivity contribution is 7.98. The monoisotopic (exact) mass is 675 g/mol. The summed E-state index contributed by atoms with van der Waals surface area (Å²) in [5.41, 5.74) is 4.50. The topological polar surface area (TPSA) is 141 Å². The lowest BCUT2D eigenvalue weighted by atomic mass is 9.95. The zero-order valence-electron chi connectivity index (χ0n) is 26.8. The number of methoxy groups -OCH3 is 3. The van der Waals surface area contributed by atoms with Gasteiger partial charge in [0.05, 0.1) is 38.8 Å². The van der Waals surface area contributed by atoms with Crippen LogP contribution in [0.2, 0.25) is 0 Å². The molecule has 2 aromatic heterocycles. The van der Waals surface area contributed by atoms with Crippen LogP contribution >= 0.6 is 23.1 Å². The number of thiazole rings is 1. The van der Waals surface area contributed by atoms with Gasteiger partial charge in [-0.1, -0.05) is 6.07 Å². The van der Waals surface area contributed by atoms with Gasteiger partial charge in [0.25, 0.3) is 0 Å². The summed E-state index contributed by atoms with van der Waals surface area (Å²) in [5.74, 6) is 1.57. The van der Waals surface area contributed by atoms with Crippen molar-refractivity contribution in [3.63, 3.8) is 0 Å². The number of nitrogens with zero attached hydrogens (tertiary/aromatic N) is 2. The molecule has 13 heteroatoms. The third-order valence-electron chi connectivity index (χ3n) is 7.86. The molecule has 0 saturated heterocycles. The first kappa shape index (κ1) is 33.7. The number of carbonyl (C=O) groups excluding carboxylic acids is 2. The third kappa shape index (κ3) is 7.52. The lowest BCUT2D eigenvalue weighted by Gasteiger charge is -2.19. The Hall–Kier alpha value is -4.62. The molecule has 0 bridgehead atoms. The van der Waals surface area contributed by atoms with Crippen molar-refractivity contribution >= 4 is 45.7 Å². The van der Waals surface area contributed by atoms with Crippen LogP contribution in [0.15, 0.2) is 59.0 Å². The number of ether oxygens (including phenoxy) is 3. The molecular weight excluding hydrogens is 639 g/mol. The van der Waals surface area contributed by atoms with Gasteiger partial charge < -0.3 is 30.2 Å². The van der Waals surface area contributed by atoms with E-state index in [1.807, 2.05) is 35.9 Å². The molecule has 2 heterocycles. The van der Waals surface area contributed by atoms with E-state index in [0.717, 1.165) is 16.7 Å². The molecule has 246 valence electrons. The predicted octanol–water partition coefficient (Wildman–Crippen LogP) is 5.55. The van der Waals surface area contributed by atoms with Gasteiger partial charge in [0.1, 0.15) is 6.04 Å². The van der Waals surface area contributed by atoms with Crippen LogP contribution in [0.3, 0.4) is 0 Å². The van der Waals surface area contributed by atoms with Gasteiger partial charge in [0.15, 0.2) is 16.6 Å². The van der Waals surface area contributed by atoms with Crippen molar-refractivity contribution in [2.75, 3.05) is 44.0 Å². The molecule has 47 heavy (non-hydrogen) atoms. The molecule has 0 radical (unpaired) electrons. The zero-order chi connectivity index (χ0) is 33.5. The van der Waals surface area contributed by atoms with Crippen molar-refractivity contribution in [2.24, 2.45) is 0 Å². The number of aryl methyl sites for hydroxylation is 1. The lowest BCUT2D eigenvalue weighted by molar-refractivity contribution is -0.120. The quantitative estimate of drug-likeness (QED) is 0.175. The Morgan fingerprint density at radius 1 is 1.11 bits per heavy atom. The van der Waals surface area contributed by atoms with E-state index in [0.29, 0.717) is 64.2 Å². The summed E-state index contributed by atoms with van der Waals surface area (Å²) >= 11 is 2.92. The van der Waals surface area contributed by atoms with Gasteiger partial charge in [-0.25, -0.2) is 4.98 Å². The van der Waals surface area contributed by atoms with Crippen LogP contribution in [0.4, 0.5) is 10.8 Å². The summed E-state index contributed by atoms with van der Waals surface area (Å²) in [4.78, 5) is 48.5. The molecule has 11 nitrogen and oxygen atoms in total. The summed E-state index contributed by atoms with van der Waals surface area (Å²) in [6, 6.07) is 9.52. The van der Waals surface area contributed by atoms with E-state index < -0.39 is 12.1 Å². The maximum Gasteiger partial charge on any atom is 0.248 e. The Kier molecular flexibility index (Phi) is 11.0. The normalized spacial score (nSPS) is 14.1. The van der Waals surface area contributed by atoms with Crippen LogP contribution < -0.4 is 35.6 Å². The van der Waals surface area contributed by atoms with Crippen molar-refractivity contribution in [3.05, 3.63) is 75.5 Å². The number of rotatable bonds is 12. The van der Waals surface area contributed by atoms with E-state index in [4.69, 9.17) is 14.2 Å². The van der Waals surface area contributed by atoms with Crippen LogP contribution in [0.25, 0.3) is 22.4 Å². The molecule has 3 N–H and O–H groups in total. The molecule has 2 atom stereocenters. The highest BCUT2D eigenvalue weighted by Crippen LogP contribution is 2.50. The summed E-state index contributed by atoms with van der Waals surface area (Å²) in [5, 5.41) is 11.5. The van der Waals surface area contributed by atoms with E-state index in [2.05, 4.69) is 25.9 Å². The average molecular weight is 676 g/mol. The number of hydrogen-bond acceptors (Lipinski definition) is 11.